The largest absolute Gasteiger partial charge is 0.379 e. The minimum atomic E-state index is 0.352. The van der Waals surface area contributed by atoms with Gasteiger partial charge in [0.15, 0.2) is 0 Å². The van der Waals surface area contributed by atoms with Gasteiger partial charge in [0, 0.05) is 24.4 Å². The van der Waals surface area contributed by atoms with Gasteiger partial charge < -0.3 is 10.1 Å². The number of nitrogens with zero attached hydrogens (tertiary/aromatic N) is 2. The topological polar surface area (TPSA) is 39.1 Å². The Bertz CT molecular complexity index is 296. The predicted molar refractivity (Wildman–Crippen MR) is 65.4 cm³/mol. The van der Waals surface area contributed by atoms with Crippen LogP contribution in [0.4, 0.5) is 0 Å². The molecule has 16 heavy (non-hydrogen) atoms. The molecule has 0 radical (unpaired) electrons. The van der Waals surface area contributed by atoms with E-state index in [1.165, 1.54) is 5.56 Å². The molecule has 1 aromatic rings. The third kappa shape index (κ3) is 4.33. The molecule has 1 unspecified atom stereocenters. The fourth-order valence-corrected chi connectivity index (χ4v) is 1.37. The van der Waals surface area contributed by atoms with E-state index in [1.54, 1.807) is 0 Å². The Kier molecular flexibility index (Phi) is 5.49. The summed E-state index contributed by atoms with van der Waals surface area (Å²) in [5, 5.41) is 7.49. The number of hydrogen-bond donors (Lipinski definition) is 1. The van der Waals surface area contributed by atoms with Crippen LogP contribution in [0.3, 0.4) is 0 Å². The number of nitrogens with one attached hydrogen (secondary N) is 1. The minimum absolute atomic E-state index is 0.352. The van der Waals surface area contributed by atoms with Gasteiger partial charge in [-0.15, -0.1) is 0 Å². The lowest BCUT2D eigenvalue weighted by Crippen LogP contribution is -2.12. The standard InChI is InChI=1S/C12H23N3O/c1-10(2)9-16-6-5-15-8-12(7-14-15)11(3)13-4/h7-8,10-11,13H,5-6,9H2,1-4H3. The summed E-state index contributed by atoms with van der Waals surface area (Å²) in [5.74, 6) is 0.595. The molecule has 0 saturated carbocycles. The van der Waals surface area contributed by atoms with Crippen molar-refractivity contribution in [3.8, 4) is 0 Å². The van der Waals surface area contributed by atoms with Crippen molar-refractivity contribution in [3.05, 3.63) is 18.0 Å². The molecule has 1 heterocycles. The minimum Gasteiger partial charge on any atom is -0.379 e. The van der Waals surface area contributed by atoms with Crippen LogP contribution in [-0.2, 0) is 11.3 Å². The van der Waals surface area contributed by atoms with Crippen LogP contribution in [0.1, 0.15) is 32.4 Å². The average molecular weight is 225 g/mol. The first kappa shape index (κ1) is 13.2. The molecule has 0 saturated heterocycles. The van der Waals surface area contributed by atoms with Gasteiger partial charge >= 0.3 is 0 Å². The zero-order valence-electron chi connectivity index (χ0n) is 10.7. The molecule has 1 atom stereocenters. The summed E-state index contributed by atoms with van der Waals surface area (Å²) in [5.41, 5.74) is 1.21. The Hall–Kier alpha value is -0.870. The van der Waals surface area contributed by atoms with Gasteiger partial charge in [0.1, 0.15) is 0 Å². The van der Waals surface area contributed by atoms with Gasteiger partial charge in [-0.1, -0.05) is 13.8 Å². The lowest BCUT2D eigenvalue weighted by molar-refractivity contribution is 0.101. The molecule has 0 aliphatic heterocycles. The fraction of sp³-hybridized carbons (Fsp3) is 0.750. The molecule has 4 nitrogen and oxygen atoms in total. The average Bonchev–Trinajstić information content (AvgIpc) is 2.71. The second kappa shape index (κ2) is 6.66. The molecule has 4 heteroatoms. The lowest BCUT2D eigenvalue weighted by Gasteiger charge is -2.07. The van der Waals surface area contributed by atoms with Crippen LogP contribution in [0.15, 0.2) is 12.4 Å². The molecular formula is C12H23N3O. The van der Waals surface area contributed by atoms with Crippen molar-refractivity contribution in [1.29, 1.82) is 0 Å². The van der Waals surface area contributed by atoms with Crippen LogP contribution in [0, 0.1) is 5.92 Å². The Labute approximate surface area is 98.0 Å². The summed E-state index contributed by atoms with van der Waals surface area (Å²) in [6.07, 6.45) is 3.98. The summed E-state index contributed by atoms with van der Waals surface area (Å²) in [6, 6.07) is 0.352. The molecule has 0 aliphatic carbocycles. The van der Waals surface area contributed by atoms with Crippen LogP contribution in [0.25, 0.3) is 0 Å². The van der Waals surface area contributed by atoms with Crippen molar-refractivity contribution in [1.82, 2.24) is 15.1 Å². The highest BCUT2D eigenvalue weighted by Gasteiger charge is 2.05. The normalized spacial score (nSPS) is 13.3. The molecule has 0 spiro atoms. The Morgan fingerprint density at radius 1 is 1.44 bits per heavy atom. The van der Waals surface area contributed by atoms with Gasteiger partial charge in [0.25, 0.3) is 0 Å². The van der Waals surface area contributed by atoms with E-state index in [9.17, 15) is 0 Å². The smallest absolute Gasteiger partial charge is 0.0662 e. The summed E-state index contributed by atoms with van der Waals surface area (Å²) in [4.78, 5) is 0. The molecule has 0 fully saturated rings. The quantitative estimate of drug-likeness (QED) is 0.720. The Morgan fingerprint density at radius 3 is 2.81 bits per heavy atom. The molecule has 0 aromatic carbocycles. The molecule has 1 N–H and O–H groups in total. The molecule has 0 bridgehead atoms. The second-order valence-electron chi connectivity index (χ2n) is 4.52. The van der Waals surface area contributed by atoms with Gasteiger partial charge in [-0.05, 0) is 19.9 Å². The number of ether oxygens (including phenoxy) is 1. The van der Waals surface area contributed by atoms with Crippen molar-refractivity contribution in [2.45, 2.75) is 33.4 Å². The van der Waals surface area contributed by atoms with Crippen LogP contribution in [0.5, 0.6) is 0 Å². The van der Waals surface area contributed by atoms with E-state index in [-0.39, 0.29) is 0 Å². The maximum absolute atomic E-state index is 5.52. The van der Waals surface area contributed by atoms with Crippen molar-refractivity contribution in [3.63, 3.8) is 0 Å². The molecular weight excluding hydrogens is 202 g/mol. The maximum atomic E-state index is 5.52. The lowest BCUT2D eigenvalue weighted by atomic mass is 10.2. The highest BCUT2D eigenvalue weighted by molar-refractivity contribution is 5.08. The first-order chi connectivity index (χ1) is 7.63. The van der Waals surface area contributed by atoms with Gasteiger partial charge in [-0.25, -0.2) is 0 Å². The third-order valence-corrected chi connectivity index (χ3v) is 2.50. The van der Waals surface area contributed by atoms with Crippen molar-refractivity contribution >= 4 is 0 Å². The van der Waals surface area contributed by atoms with E-state index in [1.807, 2.05) is 17.9 Å². The van der Waals surface area contributed by atoms with Crippen LogP contribution in [0.2, 0.25) is 0 Å². The molecule has 1 aromatic heterocycles. The Balaban J connectivity index is 2.29. The summed E-state index contributed by atoms with van der Waals surface area (Å²) < 4.78 is 7.45. The first-order valence-electron chi connectivity index (χ1n) is 5.90. The monoisotopic (exact) mass is 225 g/mol. The molecule has 0 amide bonds. The van der Waals surface area contributed by atoms with Gasteiger partial charge in [0.05, 0.1) is 19.3 Å². The number of hydrogen-bond acceptors (Lipinski definition) is 3. The summed E-state index contributed by atoms with van der Waals surface area (Å²) in [7, 11) is 1.95. The highest BCUT2D eigenvalue weighted by Crippen LogP contribution is 2.09. The van der Waals surface area contributed by atoms with Crippen molar-refractivity contribution in [2.24, 2.45) is 5.92 Å². The van der Waals surface area contributed by atoms with Gasteiger partial charge in [0.2, 0.25) is 0 Å². The van der Waals surface area contributed by atoms with E-state index in [2.05, 4.69) is 37.4 Å². The molecule has 0 aliphatic rings. The zero-order chi connectivity index (χ0) is 12.0. The third-order valence-electron chi connectivity index (χ3n) is 2.50. The summed E-state index contributed by atoms with van der Waals surface area (Å²) >= 11 is 0. The van der Waals surface area contributed by atoms with Crippen LogP contribution >= 0.6 is 0 Å². The Morgan fingerprint density at radius 2 is 2.19 bits per heavy atom. The maximum Gasteiger partial charge on any atom is 0.0662 e. The molecule has 1 rings (SSSR count). The SMILES string of the molecule is CNC(C)c1cnn(CCOCC(C)C)c1. The van der Waals surface area contributed by atoms with E-state index in [0.29, 0.717) is 12.0 Å². The van der Waals surface area contributed by atoms with Gasteiger partial charge in [-0.2, -0.15) is 5.10 Å². The zero-order valence-corrected chi connectivity index (χ0v) is 10.7. The number of rotatable bonds is 7. The van der Waals surface area contributed by atoms with E-state index in [4.69, 9.17) is 4.74 Å². The van der Waals surface area contributed by atoms with Crippen LogP contribution < -0.4 is 5.32 Å². The van der Waals surface area contributed by atoms with Crippen molar-refractivity contribution < 1.29 is 4.74 Å². The summed E-state index contributed by atoms with van der Waals surface area (Å²) in [6.45, 7) is 8.80. The fourth-order valence-electron chi connectivity index (χ4n) is 1.37. The van der Waals surface area contributed by atoms with E-state index >= 15 is 0 Å². The van der Waals surface area contributed by atoms with Crippen LogP contribution in [-0.4, -0.2) is 30.0 Å². The second-order valence-corrected chi connectivity index (χ2v) is 4.52. The first-order valence-corrected chi connectivity index (χ1v) is 5.90. The highest BCUT2D eigenvalue weighted by atomic mass is 16.5. The van der Waals surface area contributed by atoms with Gasteiger partial charge in [-0.3, -0.25) is 4.68 Å². The predicted octanol–water partition coefficient (Wildman–Crippen LogP) is 1.84. The van der Waals surface area contributed by atoms with Crippen molar-refractivity contribution in [2.75, 3.05) is 20.3 Å². The molecule has 92 valence electrons. The van der Waals surface area contributed by atoms with E-state index in [0.717, 1.165) is 19.8 Å². The van der Waals surface area contributed by atoms with E-state index < -0.39 is 0 Å². The number of aromatic nitrogens is 2.